The Morgan fingerprint density at radius 3 is 2.33 bits per heavy atom. The number of carbonyl (C=O) groups excluding carboxylic acids is 1. The van der Waals surface area contributed by atoms with Crippen molar-refractivity contribution in [3.05, 3.63) is 23.3 Å². The lowest BCUT2D eigenvalue weighted by Crippen LogP contribution is -2.49. The van der Waals surface area contributed by atoms with Gasteiger partial charge in [-0.2, -0.15) is 0 Å². The zero-order valence-electron chi connectivity index (χ0n) is 13.2. The summed E-state index contributed by atoms with van der Waals surface area (Å²) in [5.74, 6) is 0.113. The lowest BCUT2D eigenvalue weighted by molar-refractivity contribution is -0.128. The van der Waals surface area contributed by atoms with Gasteiger partial charge in [0.25, 0.3) is 0 Å². The van der Waals surface area contributed by atoms with Crippen LogP contribution in [0.5, 0.6) is 0 Å². The summed E-state index contributed by atoms with van der Waals surface area (Å²) in [7, 11) is 0. The Morgan fingerprint density at radius 1 is 1.10 bits per heavy atom. The van der Waals surface area contributed by atoms with E-state index < -0.39 is 0 Å². The molecule has 21 heavy (non-hydrogen) atoms. The smallest absolute Gasteiger partial charge is 0.249 e. The first-order chi connectivity index (χ1) is 10.1. The number of nitrogens with zero attached hydrogens (tertiary/aromatic N) is 2. The highest BCUT2D eigenvalue weighted by Crippen LogP contribution is 2.10. The normalized spacial score (nSPS) is 18.2. The van der Waals surface area contributed by atoms with E-state index in [-0.39, 0.29) is 19.1 Å². The standard InChI is InChI=1S/C16H28N2O3/c1-14(6-12-19)4-3-5-15(2)16(21)18-9-7-17(8-10-18)11-13-20/h5-6,19-20H,3-4,7-13H2,1-2H3. The number of carbonyl (C=O) groups is 1. The highest BCUT2D eigenvalue weighted by atomic mass is 16.3. The van der Waals surface area contributed by atoms with Crippen molar-refractivity contribution >= 4 is 5.91 Å². The van der Waals surface area contributed by atoms with Crippen LogP contribution in [-0.2, 0) is 4.79 Å². The second-order valence-electron chi connectivity index (χ2n) is 5.52. The fourth-order valence-electron chi connectivity index (χ4n) is 2.43. The molecule has 0 spiro atoms. The Hall–Kier alpha value is -1.17. The van der Waals surface area contributed by atoms with E-state index >= 15 is 0 Å². The van der Waals surface area contributed by atoms with Gasteiger partial charge in [-0.25, -0.2) is 0 Å². The molecule has 1 saturated heterocycles. The Balaban J connectivity index is 2.39. The van der Waals surface area contributed by atoms with Crippen molar-refractivity contribution in [1.29, 1.82) is 0 Å². The SMILES string of the molecule is CC(=CCO)CCC=C(C)C(=O)N1CCN(CCO)CC1. The zero-order valence-corrected chi connectivity index (χ0v) is 13.2. The number of piperazine rings is 1. The van der Waals surface area contributed by atoms with Gasteiger partial charge in [0.05, 0.1) is 13.2 Å². The number of aliphatic hydroxyl groups excluding tert-OH is 2. The molecule has 1 aliphatic rings. The highest BCUT2D eigenvalue weighted by Gasteiger charge is 2.21. The third-order valence-corrected chi connectivity index (χ3v) is 3.84. The highest BCUT2D eigenvalue weighted by molar-refractivity contribution is 5.92. The third kappa shape index (κ3) is 6.42. The van der Waals surface area contributed by atoms with E-state index in [1.54, 1.807) is 6.08 Å². The predicted octanol–water partition coefficient (Wildman–Crippen LogP) is 0.788. The first-order valence-electron chi connectivity index (χ1n) is 7.64. The first kappa shape index (κ1) is 17.9. The van der Waals surface area contributed by atoms with Gasteiger partial charge in [0.1, 0.15) is 0 Å². The van der Waals surface area contributed by atoms with Crippen molar-refractivity contribution in [1.82, 2.24) is 9.80 Å². The van der Waals surface area contributed by atoms with Gasteiger partial charge in [-0.05, 0) is 26.7 Å². The van der Waals surface area contributed by atoms with E-state index in [9.17, 15) is 4.79 Å². The number of allylic oxidation sites excluding steroid dienone is 2. The zero-order chi connectivity index (χ0) is 15.7. The van der Waals surface area contributed by atoms with E-state index in [0.717, 1.165) is 50.2 Å². The Labute approximate surface area is 127 Å². The van der Waals surface area contributed by atoms with Crippen LogP contribution < -0.4 is 0 Å². The molecule has 0 bridgehead atoms. The number of hydrogen-bond acceptors (Lipinski definition) is 4. The van der Waals surface area contributed by atoms with Crippen LogP contribution in [0.4, 0.5) is 0 Å². The molecular formula is C16H28N2O3. The summed E-state index contributed by atoms with van der Waals surface area (Å²) in [6.07, 6.45) is 5.47. The fraction of sp³-hybridized carbons (Fsp3) is 0.688. The molecule has 0 unspecified atom stereocenters. The number of aliphatic hydroxyl groups is 2. The molecular weight excluding hydrogens is 268 g/mol. The van der Waals surface area contributed by atoms with Gasteiger partial charge < -0.3 is 15.1 Å². The van der Waals surface area contributed by atoms with Crippen LogP contribution in [-0.4, -0.2) is 71.9 Å². The van der Waals surface area contributed by atoms with Crippen LogP contribution in [0.2, 0.25) is 0 Å². The van der Waals surface area contributed by atoms with Crippen LogP contribution in [0.1, 0.15) is 26.7 Å². The number of amides is 1. The summed E-state index contributed by atoms with van der Waals surface area (Å²) in [6.45, 7) is 7.92. The molecule has 1 fully saturated rings. The van der Waals surface area contributed by atoms with Gasteiger partial charge in [-0.1, -0.05) is 17.7 Å². The number of hydrogen-bond donors (Lipinski definition) is 2. The maximum absolute atomic E-state index is 12.3. The molecule has 0 aromatic heterocycles. The Kier molecular flexibility index (Phi) is 8.27. The van der Waals surface area contributed by atoms with Gasteiger partial charge in [-0.15, -0.1) is 0 Å². The number of β-amino-alcohol motifs (C(OH)–C–C–N with tert-alkyl or cyclic N) is 1. The van der Waals surface area contributed by atoms with Gasteiger partial charge in [0.15, 0.2) is 0 Å². The van der Waals surface area contributed by atoms with Gasteiger partial charge >= 0.3 is 0 Å². The van der Waals surface area contributed by atoms with Crippen LogP contribution >= 0.6 is 0 Å². The van der Waals surface area contributed by atoms with Gasteiger partial charge in [0.2, 0.25) is 5.91 Å². The average Bonchev–Trinajstić information content (AvgIpc) is 2.48. The monoisotopic (exact) mass is 296 g/mol. The van der Waals surface area contributed by atoms with E-state index in [1.807, 2.05) is 24.8 Å². The Morgan fingerprint density at radius 2 is 1.76 bits per heavy atom. The van der Waals surface area contributed by atoms with Crippen LogP contribution in [0.25, 0.3) is 0 Å². The minimum Gasteiger partial charge on any atom is -0.395 e. The summed E-state index contributed by atoms with van der Waals surface area (Å²) in [5, 5.41) is 17.7. The lowest BCUT2D eigenvalue weighted by Gasteiger charge is -2.34. The summed E-state index contributed by atoms with van der Waals surface area (Å²) >= 11 is 0. The van der Waals surface area contributed by atoms with Crippen molar-refractivity contribution in [3.63, 3.8) is 0 Å². The average molecular weight is 296 g/mol. The molecule has 2 N–H and O–H groups in total. The molecule has 1 amide bonds. The van der Waals surface area contributed by atoms with E-state index in [0.29, 0.717) is 6.54 Å². The molecule has 0 aromatic carbocycles. The molecule has 5 nitrogen and oxygen atoms in total. The third-order valence-electron chi connectivity index (χ3n) is 3.84. The minimum absolute atomic E-state index is 0.0750. The lowest BCUT2D eigenvalue weighted by atomic mass is 10.1. The maximum atomic E-state index is 12.3. The fourth-order valence-corrected chi connectivity index (χ4v) is 2.43. The molecule has 120 valence electrons. The van der Waals surface area contributed by atoms with Crippen molar-refractivity contribution in [2.75, 3.05) is 45.9 Å². The maximum Gasteiger partial charge on any atom is 0.249 e. The summed E-state index contributed by atoms with van der Waals surface area (Å²) in [5.41, 5.74) is 1.94. The molecule has 1 heterocycles. The van der Waals surface area contributed by atoms with Gasteiger partial charge in [-0.3, -0.25) is 9.69 Å². The van der Waals surface area contributed by atoms with Crippen molar-refractivity contribution in [2.45, 2.75) is 26.7 Å². The molecule has 5 heteroatoms. The van der Waals surface area contributed by atoms with E-state index in [4.69, 9.17) is 10.2 Å². The van der Waals surface area contributed by atoms with Crippen molar-refractivity contribution < 1.29 is 15.0 Å². The van der Waals surface area contributed by atoms with Crippen LogP contribution in [0.15, 0.2) is 23.3 Å². The molecule has 0 aliphatic carbocycles. The largest absolute Gasteiger partial charge is 0.395 e. The predicted molar refractivity (Wildman–Crippen MR) is 83.9 cm³/mol. The molecule has 0 aromatic rings. The van der Waals surface area contributed by atoms with Gasteiger partial charge in [0, 0.05) is 38.3 Å². The summed E-state index contributed by atoms with van der Waals surface area (Å²) < 4.78 is 0. The molecule has 0 atom stereocenters. The molecule has 1 rings (SSSR count). The number of rotatable bonds is 7. The van der Waals surface area contributed by atoms with Crippen molar-refractivity contribution in [3.8, 4) is 0 Å². The van der Waals surface area contributed by atoms with Crippen LogP contribution in [0, 0.1) is 0 Å². The Bertz CT molecular complexity index is 383. The molecule has 0 saturated carbocycles. The topological polar surface area (TPSA) is 64.0 Å². The quantitative estimate of drug-likeness (QED) is 0.538. The van der Waals surface area contributed by atoms with Crippen molar-refractivity contribution in [2.24, 2.45) is 0 Å². The first-order valence-corrected chi connectivity index (χ1v) is 7.64. The van der Waals surface area contributed by atoms with E-state index in [1.165, 1.54) is 0 Å². The summed E-state index contributed by atoms with van der Waals surface area (Å²) in [6, 6.07) is 0. The summed E-state index contributed by atoms with van der Waals surface area (Å²) in [4.78, 5) is 16.4. The minimum atomic E-state index is 0.0750. The van der Waals surface area contributed by atoms with E-state index in [2.05, 4.69) is 4.90 Å². The molecule has 0 radical (unpaired) electrons. The second kappa shape index (κ2) is 9.71. The molecule has 1 aliphatic heterocycles. The van der Waals surface area contributed by atoms with Crippen LogP contribution in [0.3, 0.4) is 0 Å². The second-order valence-corrected chi connectivity index (χ2v) is 5.52.